The summed E-state index contributed by atoms with van der Waals surface area (Å²) >= 11 is 0. The van der Waals surface area contributed by atoms with E-state index in [0.29, 0.717) is 29.8 Å². The van der Waals surface area contributed by atoms with Crippen molar-refractivity contribution < 1.29 is 16.8 Å². The van der Waals surface area contributed by atoms with Crippen LogP contribution in [0.25, 0.3) is 16.8 Å². The Kier molecular flexibility index (Phi) is 5.07. The number of aryl methyl sites for hydroxylation is 1. The molecule has 3 aromatic heterocycles. The van der Waals surface area contributed by atoms with Crippen molar-refractivity contribution in [3.8, 4) is 0 Å². The second-order valence-electron chi connectivity index (χ2n) is 8.90. The van der Waals surface area contributed by atoms with Gasteiger partial charge in [0, 0.05) is 12.1 Å². The number of nitrogens with two attached hydrogens (primary N) is 1. The highest BCUT2D eigenvalue weighted by atomic mass is 32.2. The van der Waals surface area contributed by atoms with E-state index >= 15 is 0 Å². The van der Waals surface area contributed by atoms with E-state index in [0.717, 1.165) is 9.54 Å². The molecule has 0 saturated heterocycles. The van der Waals surface area contributed by atoms with Gasteiger partial charge in [-0.2, -0.15) is 0 Å². The van der Waals surface area contributed by atoms with Gasteiger partial charge in [-0.1, -0.05) is 24.6 Å². The summed E-state index contributed by atoms with van der Waals surface area (Å²) < 4.78 is 52.7. The predicted octanol–water partition coefficient (Wildman–Crippen LogP) is 2.04. The Balaban J connectivity index is 1.60. The Hall–Kier alpha value is -2.83. The maximum Gasteiger partial charge on any atom is 0.269 e. The summed E-state index contributed by atoms with van der Waals surface area (Å²) in [4.78, 5) is 4.54. The zero-order chi connectivity index (χ0) is 23.5. The molecule has 33 heavy (non-hydrogen) atoms. The molecule has 4 aromatic rings. The summed E-state index contributed by atoms with van der Waals surface area (Å²) in [5.74, 6) is 0.691. The fourth-order valence-corrected chi connectivity index (χ4v) is 7.14. The first kappa shape index (κ1) is 22.0. The molecule has 1 aromatic carbocycles. The zero-order valence-electron chi connectivity index (χ0n) is 18.2. The minimum Gasteiger partial charge on any atom is -0.274 e. The molecule has 5 rings (SSSR count). The normalized spacial score (nSPS) is 21.8. The first-order valence-corrected chi connectivity index (χ1v) is 13.7. The van der Waals surface area contributed by atoms with Crippen molar-refractivity contribution in [1.82, 2.24) is 23.6 Å². The Labute approximate surface area is 191 Å². The van der Waals surface area contributed by atoms with E-state index < -0.39 is 20.0 Å². The average molecular weight is 489 g/mol. The van der Waals surface area contributed by atoms with Gasteiger partial charge in [0.2, 0.25) is 10.0 Å². The fraction of sp³-hybridized carbons (Fsp3) is 0.381. The van der Waals surface area contributed by atoms with E-state index in [1.165, 1.54) is 12.4 Å². The van der Waals surface area contributed by atoms with Crippen molar-refractivity contribution in [2.45, 2.75) is 37.5 Å². The van der Waals surface area contributed by atoms with Crippen LogP contribution in [0.1, 0.15) is 37.1 Å². The van der Waals surface area contributed by atoms with Crippen molar-refractivity contribution in [2.75, 3.05) is 5.75 Å². The van der Waals surface area contributed by atoms with Gasteiger partial charge in [0.25, 0.3) is 10.0 Å². The molecule has 10 nitrogen and oxygen atoms in total. The molecule has 0 unspecified atom stereocenters. The van der Waals surface area contributed by atoms with Crippen LogP contribution in [0.5, 0.6) is 0 Å². The number of benzene rings is 1. The molecule has 0 bridgehead atoms. The summed E-state index contributed by atoms with van der Waals surface area (Å²) in [6, 6.07) is 8.34. The number of hydrogen-bond donors (Lipinski definition) is 1. The van der Waals surface area contributed by atoms with Gasteiger partial charge in [0.05, 0.1) is 22.4 Å². The third-order valence-corrected chi connectivity index (χ3v) is 9.04. The van der Waals surface area contributed by atoms with Gasteiger partial charge in [0.1, 0.15) is 5.82 Å². The van der Waals surface area contributed by atoms with E-state index in [2.05, 4.69) is 22.1 Å². The number of nitrogens with zero attached hydrogens (tertiary/aromatic N) is 5. The van der Waals surface area contributed by atoms with Crippen LogP contribution in [-0.2, 0) is 20.0 Å². The summed E-state index contributed by atoms with van der Waals surface area (Å²) in [7, 11) is -7.41. The number of sulfonamides is 1. The van der Waals surface area contributed by atoms with Crippen LogP contribution in [0, 0.1) is 18.8 Å². The minimum absolute atomic E-state index is 0.0330. The van der Waals surface area contributed by atoms with Crippen LogP contribution < -0.4 is 5.14 Å². The lowest BCUT2D eigenvalue weighted by Gasteiger charge is -2.14. The van der Waals surface area contributed by atoms with Gasteiger partial charge in [-0.15, -0.1) is 10.2 Å². The predicted molar refractivity (Wildman–Crippen MR) is 123 cm³/mol. The second-order valence-corrected chi connectivity index (χ2v) is 12.4. The number of hydrogen-bond acceptors (Lipinski definition) is 7. The number of rotatable bonds is 5. The molecule has 1 aliphatic rings. The minimum atomic E-state index is -3.84. The van der Waals surface area contributed by atoms with E-state index in [4.69, 9.17) is 5.14 Å². The SMILES string of the molecule is Cc1ccc(S(=O)(=O)n2ccc3c2ncc2nnc([C@H]4C[C@@H](CS(N)(=O)=O)C[C@H]4C)n23)cc1. The number of fused-ring (bicyclic) bond motifs is 3. The highest BCUT2D eigenvalue weighted by Gasteiger charge is 2.37. The van der Waals surface area contributed by atoms with Crippen LogP contribution in [0.2, 0.25) is 0 Å². The van der Waals surface area contributed by atoms with E-state index in [9.17, 15) is 16.8 Å². The maximum atomic E-state index is 13.3. The molecule has 1 aliphatic carbocycles. The smallest absolute Gasteiger partial charge is 0.269 e. The molecule has 0 amide bonds. The molecule has 174 valence electrons. The largest absolute Gasteiger partial charge is 0.274 e. The monoisotopic (exact) mass is 488 g/mol. The molecule has 1 fully saturated rings. The van der Waals surface area contributed by atoms with E-state index in [1.54, 1.807) is 30.3 Å². The van der Waals surface area contributed by atoms with E-state index in [-0.39, 0.29) is 34.0 Å². The average Bonchev–Trinajstić information content (AvgIpc) is 3.42. The first-order valence-electron chi connectivity index (χ1n) is 10.6. The van der Waals surface area contributed by atoms with Crippen molar-refractivity contribution in [3.63, 3.8) is 0 Å². The van der Waals surface area contributed by atoms with Gasteiger partial charge in [0.15, 0.2) is 11.3 Å². The highest BCUT2D eigenvalue weighted by Crippen LogP contribution is 2.43. The molecular weight excluding hydrogens is 464 g/mol. The molecule has 0 aliphatic heterocycles. The number of aromatic nitrogens is 5. The Bertz CT molecular complexity index is 1570. The lowest BCUT2D eigenvalue weighted by atomic mass is 9.97. The Morgan fingerprint density at radius 1 is 1.06 bits per heavy atom. The van der Waals surface area contributed by atoms with Gasteiger partial charge in [-0.05, 0) is 49.8 Å². The second kappa shape index (κ2) is 7.61. The summed E-state index contributed by atoms with van der Waals surface area (Å²) in [6.07, 6.45) is 4.32. The zero-order valence-corrected chi connectivity index (χ0v) is 19.8. The molecule has 3 atom stereocenters. The third-order valence-electron chi connectivity index (χ3n) is 6.42. The maximum absolute atomic E-state index is 13.3. The molecule has 12 heteroatoms. The molecule has 1 saturated carbocycles. The number of primary sulfonamides is 1. The van der Waals surface area contributed by atoms with Crippen LogP contribution in [0.15, 0.2) is 47.6 Å². The Morgan fingerprint density at radius 3 is 2.48 bits per heavy atom. The third kappa shape index (κ3) is 3.81. The summed E-state index contributed by atoms with van der Waals surface area (Å²) in [5.41, 5.74) is 2.32. The van der Waals surface area contributed by atoms with Gasteiger partial charge < -0.3 is 0 Å². The quantitative estimate of drug-likeness (QED) is 0.453. The lowest BCUT2D eigenvalue weighted by molar-refractivity contribution is 0.505. The topological polar surface area (TPSA) is 142 Å². The molecule has 0 spiro atoms. The molecule has 3 heterocycles. The van der Waals surface area contributed by atoms with Gasteiger partial charge >= 0.3 is 0 Å². The fourth-order valence-electron chi connectivity index (χ4n) is 4.91. The van der Waals surface area contributed by atoms with Gasteiger partial charge in [-0.25, -0.2) is 30.9 Å². The van der Waals surface area contributed by atoms with E-state index in [1.807, 2.05) is 11.3 Å². The first-order chi connectivity index (χ1) is 15.5. The molecule has 0 radical (unpaired) electrons. The van der Waals surface area contributed by atoms with Crippen LogP contribution in [0.4, 0.5) is 0 Å². The summed E-state index contributed by atoms with van der Waals surface area (Å²) in [5, 5.41) is 13.9. The summed E-state index contributed by atoms with van der Waals surface area (Å²) in [6.45, 7) is 3.95. The van der Waals surface area contributed by atoms with Crippen molar-refractivity contribution in [2.24, 2.45) is 17.0 Å². The Morgan fingerprint density at radius 2 is 1.79 bits per heavy atom. The molecular formula is C21H24N6O4S2. The highest BCUT2D eigenvalue weighted by molar-refractivity contribution is 7.90. The lowest BCUT2D eigenvalue weighted by Crippen LogP contribution is -2.21. The van der Waals surface area contributed by atoms with Gasteiger partial charge in [-0.3, -0.25) is 4.40 Å². The standard InChI is InChI=1S/C21H24N6O4S2/c1-13-3-5-16(6-4-13)33(30,31)26-8-7-18-21(26)23-11-19-24-25-20(27(18)19)17-10-15(9-14(17)2)12-32(22,28)29/h3-8,11,14-15,17H,9-10,12H2,1-2H3,(H2,22,28,29)/t14-,15+,17+/m1/s1. The van der Waals surface area contributed by atoms with Crippen molar-refractivity contribution in [3.05, 3.63) is 54.1 Å². The molecule has 2 N–H and O–H groups in total. The van der Waals surface area contributed by atoms with Crippen LogP contribution in [-0.4, -0.2) is 46.1 Å². The van der Waals surface area contributed by atoms with Crippen molar-refractivity contribution >= 4 is 36.9 Å². The van der Waals surface area contributed by atoms with Crippen LogP contribution in [0.3, 0.4) is 0 Å². The van der Waals surface area contributed by atoms with Crippen molar-refractivity contribution in [1.29, 1.82) is 0 Å². The van der Waals surface area contributed by atoms with Crippen LogP contribution >= 0.6 is 0 Å².